The molecule has 0 atom stereocenters. The van der Waals surface area contributed by atoms with Crippen molar-refractivity contribution in [3.05, 3.63) is 74.0 Å². The average molecular weight is 539 g/mol. The summed E-state index contributed by atoms with van der Waals surface area (Å²) in [4.78, 5) is 26.8. The fraction of sp³-hybridized carbons (Fsp3) is 0.143. The van der Waals surface area contributed by atoms with E-state index in [1.54, 1.807) is 31.4 Å². The largest absolute Gasteiger partial charge is 0.493 e. The molecule has 2 aromatic rings. The molecule has 150 valence electrons. The highest BCUT2D eigenvalue weighted by molar-refractivity contribution is 9.10. The quantitative estimate of drug-likeness (QED) is 0.318. The summed E-state index contributed by atoms with van der Waals surface area (Å²) in [6.07, 6.45) is 3.32. The van der Waals surface area contributed by atoms with Gasteiger partial charge in [-0.1, -0.05) is 56.6 Å². The van der Waals surface area contributed by atoms with Gasteiger partial charge in [0.2, 0.25) is 0 Å². The summed E-state index contributed by atoms with van der Waals surface area (Å²) in [5.74, 6) is 0.760. The van der Waals surface area contributed by atoms with Crippen LogP contribution in [0.1, 0.15) is 11.1 Å². The molecule has 1 heterocycles. The number of nitrogens with zero attached hydrogens (tertiary/aromatic N) is 1. The molecule has 29 heavy (non-hydrogen) atoms. The monoisotopic (exact) mass is 537 g/mol. The van der Waals surface area contributed by atoms with Crippen molar-refractivity contribution < 1.29 is 19.1 Å². The van der Waals surface area contributed by atoms with Crippen LogP contribution in [0.4, 0.5) is 4.79 Å². The molecule has 1 saturated heterocycles. The van der Waals surface area contributed by atoms with Crippen molar-refractivity contribution in [2.24, 2.45) is 0 Å². The minimum Gasteiger partial charge on any atom is -0.493 e. The Kier molecular flexibility index (Phi) is 7.21. The molecule has 0 bridgehead atoms. The summed E-state index contributed by atoms with van der Waals surface area (Å²) in [6.45, 7) is 4.20. The first-order chi connectivity index (χ1) is 13.9. The number of ether oxygens (including phenoxy) is 2. The molecule has 0 spiro atoms. The number of amides is 2. The highest BCUT2D eigenvalue weighted by atomic mass is 79.9. The second-order valence-corrected chi connectivity index (χ2v) is 8.78. The standard InChI is InChI=1S/C21H17Br2NO4S/c1-3-8-28-18-11-16(23)14(9-17(18)27-2)10-19-20(25)24(21(26)29-19)12-13-4-6-15(22)7-5-13/h3-7,9-11H,1,8,12H2,2H3/b19-10-. The minimum absolute atomic E-state index is 0.230. The Morgan fingerprint density at radius 3 is 2.52 bits per heavy atom. The van der Waals surface area contributed by atoms with Crippen molar-refractivity contribution in [1.82, 2.24) is 4.90 Å². The van der Waals surface area contributed by atoms with E-state index in [0.717, 1.165) is 26.3 Å². The first kappa shape index (κ1) is 21.7. The molecule has 0 radical (unpaired) electrons. The van der Waals surface area contributed by atoms with E-state index in [4.69, 9.17) is 9.47 Å². The molecule has 1 aliphatic rings. The summed E-state index contributed by atoms with van der Waals surface area (Å²) in [5.41, 5.74) is 1.59. The number of thioether (sulfide) groups is 1. The normalized spacial score (nSPS) is 15.1. The third-order valence-electron chi connectivity index (χ3n) is 4.05. The Labute approximate surface area is 190 Å². The van der Waals surface area contributed by atoms with Gasteiger partial charge in [0.25, 0.3) is 11.1 Å². The molecule has 3 rings (SSSR count). The minimum atomic E-state index is -0.319. The van der Waals surface area contributed by atoms with Crippen molar-refractivity contribution in [2.75, 3.05) is 13.7 Å². The molecule has 8 heteroatoms. The van der Waals surface area contributed by atoms with Gasteiger partial charge in [-0.2, -0.15) is 0 Å². The fourth-order valence-electron chi connectivity index (χ4n) is 2.63. The van der Waals surface area contributed by atoms with Gasteiger partial charge in [-0.25, -0.2) is 0 Å². The van der Waals surface area contributed by atoms with Gasteiger partial charge in [0, 0.05) is 8.95 Å². The van der Waals surface area contributed by atoms with E-state index in [1.165, 1.54) is 4.90 Å². The molecule has 5 nitrogen and oxygen atoms in total. The number of halogens is 2. The van der Waals surface area contributed by atoms with E-state index in [-0.39, 0.29) is 17.7 Å². The van der Waals surface area contributed by atoms with E-state index in [2.05, 4.69) is 38.4 Å². The van der Waals surface area contributed by atoms with Crippen molar-refractivity contribution in [3.63, 3.8) is 0 Å². The molecule has 1 aliphatic heterocycles. The van der Waals surface area contributed by atoms with E-state index in [9.17, 15) is 9.59 Å². The predicted octanol–water partition coefficient (Wildman–Crippen LogP) is 6.02. The van der Waals surface area contributed by atoms with Crippen molar-refractivity contribution in [1.29, 1.82) is 0 Å². The molecule has 0 unspecified atom stereocenters. The van der Waals surface area contributed by atoms with Crippen LogP contribution in [-0.2, 0) is 11.3 Å². The Balaban J connectivity index is 1.85. The van der Waals surface area contributed by atoms with Gasteiger partial charge < -0.3 is 9.47 Å². The van der Waals surface area contributed by atoms with Crippen LogP contribution in [0.5, 0.6) is 11.5 Å². The molecule has 2 amide bonds. The number of hydrogen-bond acceptors (Lipinski definition) is 5. The molecular formula is C21H17Br2NO4S. The molecule has 1 fully saturated rings. The zero-order chi connectivity index (χ0) is 21.0. The molecule has 0 saturated carbocycles. The lowest BCUT2D eigenvalue weighted by molar-refractivity contribution is -0.123. The number of hydrogen-bond donors (Lipinski definition) is 0. The van der Waals surface area contributed by atoms with Gasteiger partial charge in [-0.3, -0.25) is 14.5 Å². The lowest BCUT2D eigenvalue weighted by atomic mass is 10.1. The number of methoxy groups -OCH3 is 1. The second kappa shape index (κ2) is 9.65. The third-order valence-corrected chi connectivity index (χ3v) is 6.18. The Hall–Kier alpha value is -2.03. The molecule has 0 aliphatic carbocycles. The molecule has 2 aromatic carbocycles. The highest BCUT2D eigenvalue weighted by Gasteiger charge is 2.35. The van der Waals surface area contributed by atoms with Gasteiger partial charge >= 0.3 is 0 Å². The summed E-state index contributed by atoms with van der Waals surface area (Å²) in [6, 6.07) is 11.0. The van der Waals surface area contributed by atoms with Crippen LogP contribution >= 0.6 is 43.6 Å². The maximum Gasteiger partial charge on any atom is 0.293 e. The van der Waals surface area contributed by atoms with E-state index in [0.29, 0.717) is 28.6 Å². The summed E-state index contributed by atoms with van der Waals surface area (Å²) >= 11 is 7.79. The van der Waals surface area contributed by atoms with Crippen LogP contribution in [0.2, 0.25) is 0 Å². The van der Waals surface area contributed by atoms with Crippen LogP contribution < -0.4 is 9.47 Å². The number of rotatable bonds is 7. The fourth-order valence-corrected chi connectivity index (χ4v) is 4.16. The van der Waals surface area contributed by atoms with Crippen LogP contribution in [0, 0.1) is 0 Å². The van der Waals surface area contributed by atoms with Gasteiger partial charge in [-0.15, -0.1) is 0 Å². The van der Waals surface area contributed by atoms with E-state index < -0.39 is 0 Å². The lowest BCUT2D eigenvalue weighted by Gasteiger charge is -2.13. The van der Waals surface area contributed by atoms with E-state index in [1.807, 2.05) is 24.3 Å². The maximum atomic E-state index is 12.8. The summed E-state index contributed by atoms with van der Waals surface area (Å²) < 4.78 is 12.6. The zero-order valence-electron chi connectivity index (χ0n) is 15.5. The maximum absolute atomic E-state index is 12.8. The van der Waals surface area contributed by atoms with Crippen LogP contribution in [0.3, 0.4) is 0 Å². The van der Waals surface area contributed by atoms with Gasteiger partial charge in [-0.05, 0) is 53.2 Å². The number of benzene rings is 2. The van der Waals surface area contributed by atoms with Crippen LogP contribution in [0.25, 0.3) is 6.08 Å². The Morgan fingerprint density at radius 1 is 1.14 bits per heavy atom. The summed E-state index contributed by atoms with van der Waals surface area (Å²) in [5, 5.41) is -0.293. The Morgan fingerprint density at radius 2 is 1.86 bits per heavy atom. The number of imide groups is 1. The lowest BCUT2D eigenvalue weighted by Crippen LogP contribution is -2.27. The molecule has 0 N–H and O–H groups in total. The first-order valence-corrected chi connectivity index (χ1v) is 10.9. The topological polar surface area (TPSA) is 55.8 Å². The molecule has 0 aromatic heterocycles. The predicted molar refractivity (Wildman–Crippen MR) is 122 cm³/mol. The van der Waals surface area contributed by atoms with Crippen LogP contribution in [-0.4, -0.2) is 29.8 Å². The number of carbonyl (C=O) groups is 2. The first-order valence-electron chi connectivity index (χ1n) is 8.54. The van der Waals surface area contributed by atoms with Gasteiger partial charge in [0.05, 0.1) is 18.6 Å². The second-order valence-electron chi connectivity index (χ2n) is 6.02. The van der Waals surface area contributed by atoms with Crippen molar-refractivity contribution >= 4 is 60.8 Å². The third kappa shape index (κ3) is 5.12. The van der Waals surface area contributed by atoms with Crippen LogP contribution in [0.15, 0.2) is 62.9 Å². The SMILES string of the molecule is C=CCOc1cc(Br)c(/C=C2\SC(=O)N(Cc3ccc(Br)cc3)C2=O)cc1OC. The van der Waals surface area contributed by atoms with Gasteiger partial charge in [0.15, 0.2) is 11.5 Å². The Bertz CT molecular complexity index is 989. The van der Waals surface area contributed by atoms with Gasteiger partial charge in [0.1, 0.15) is 6.61 Å². The summed E-state index contributed by atoms with van der Waals surface area (Å²) in [7, 11) is 1.54. The molecular weight excluding hydrogens is 522 g/mol. The average Bonchev–Trinajstić information content (AvgIpc) is 2.97. The van der Waals surface area contributed by atoms with E-state index >= 15 is 0 Å². The number of carbonyl (C=O) groups excluding carboxylic acids is 2. The van der Waals surface area contributed by atoms with Crippen molar-refractivity contribution in [3.8, 4) is 11.5 Å². The smallest absolute Gasteiger partial charge is 0.293 e. The zero-order valence-corrected chi connectivity index (χ0v) is 19.5. The highest BCUT2D eigenvalue weighted by Crippen LogP contribution is 2.38. The van der Waals surface area contributed by atoms with Crippen molar-refractivity contribution in [2.45, 2.75) is 6.54 Å².